The van der Waals surface area contributed by atoms with Crippen molar-refractivity contribution >= 4 is 11.7 Å². The minimum Gasteiger partial charge on any atom is -0.366 e. The molecule has 1 amide bonds. The number of benzene rings is 2. The molecule has 0 saturated heterocycles. The number of hydrogen-bond acceptors (Lipinski definition) is 4. The van der Waals surface area contributed by atoms with E-state index in [0.29, 0.717) is 17.1 Å². The zero-order valence-electron chi connectivity index (χ0n) is 13.3. The van der Waals surface area contributed by atoms with Gasteiger partial charge in [-0.05, 0) is 36.8 Å². The van der Waals surface area contributed by atoms with E-state index in [1.54, 1.807) is 18.2 Å². The SMILES string of the molecule is CC(Nc1ccc(-c2cccc(C(N)=O)c2)nn1)c1ccccc1. The van der Waals surface area contributed by atoms with Crippen molar-refractivity contribution in [3.8, 4) is 11.3 Å². The zero-order chi connectivity index (χ0) is 16.9. The number of anilines is 1. The molecule has 5 nitrogen and oxygen atoms in total. The highest BCUT2D eigenvalue weighted by Gasteiger charge is 2.08. The molecule has 0 aliphatic rings. The molecule has 1 unspecified atom stereocenters. The van der Waals surface area contributed by atoms with Crippen molar-refractivity contribution in [3.05, 3.63) is 77.9 Å². The minimum absolute atomic E-state index is 0.129. The molecule has 0 bridgehead atoms. The number of nitrogens with two attached hydrogens (primary N) is 1. The van der Waals surface area contributed by atoms with Crippen LogP contribution in [0.3, 0.4) is 0 Å². The van der Waals surface area contributed by atoms with Crippen molar-refractivity contribution in [2.75, 3.05) is 5.32 Å². The summed E-state index contributed by atoms with van der Waals surface area (Å²) in [7, 11) is 0. The highest BCUT2D eigenvalue weighted by Crippen LogP contribution is 2.21. The first-order valence-corrected chi connectivity index (χ1v) is 7.69. The Balaban J connectivity index is 1.76. The maximum absolute atomic E-state index is 11.3. The van der Waals surface area contributed by atoms with Crippen LogP contribution in [0.5, 0.6) is 0 Å². The van der Waals surface area contributed by atoms with E-state index in [1.807, 2.05) is 36.4 Å². The van der Waals surface area contributed by atoms with Crippen LogP contribution < -0.4 is 11.1 Å². The molecule has 0 saturated carbocycles. The Labute approximate surface area is 140 Å². The Morgan fingerprint density at radius 2 is 1.79 bits per heavy atom. The minimum atomic E-state index is -0.459. The first kappa shape index (κ1) is 15.7. The molecule has 1 aromatic heterocycles. The summed E-state index contributed by atoms with van der Waals surface area (Å²) in [5, 5.41) is 11.8. The van der Waals surface area contributed by atoms with Gasteiger partial charge in [0.25, 0.3) is 0 Å². The van der Waals surface area contributed by atoms with Gasteiger partial charge >= 0.3 is 0 Å². The number of nitrogens with zero attached hydrogens (tertiary/aromatic N) is 2. The third kappa shape index (κ3) is 3.57. The molecule has 24 heavy (non-hydrogen) atoms. The number of primary amides is 1. The van der Waals surface area contributed by atoms with E-state index in [2.05, 4.69) is 34.6 Å². The Kier molecular flexibility index (Phi) is 4.52. The van der Waals surface area contributed by atoms with Gasteiger partial charge in [0.1, 0.15) is 5.82 Å². The number of carbonyl (C=O) groups excluding carboxylic acids is 1. The molecule has 0 aliphatic carbocycles. The summed E-state index contributed by atoms with van der Waals surface area (Å²) in [5.41, 5.74) is 8.44. The van der Waals surface area contributed by atoms with Gasteiger partial charge in [-0.15, -0.1) is 10.2 Å². The molecule has 2 aromatic carbocycles. The number of hydrogen-bond donors (Lipinski definition) is 2. The number of carbonyl (C=O) groups is 1. The maximum atomic E-state index is 11.3. The first-order chi connectivity index (χ1) is 11.6. The van der Waals surface area contributed by atoms with Crippen molar-refractivity contribution in [1.29, 1.82) is 0 Å². The van der Waals surface area contributed by atoms with Gasteiger partial charge in [-0.25, -0.2) is 0 Å². The largest absolute Gasteiger partial charge is 0.366 e. The van der Waals surface area contributed by atoms with Crippen molar-refractivity contribution in [1.82, 2.24) is 10.2 Å². The third-order valence-corrected chi connectivity index (χ3v) is 3.77. The summed E-state index contributed by atoms with van der Waals surface area (Å²) >= 11 is 0. The number of aromatic nitrogens is 2. The molecular formula is C19H18N4O. The molecule has 5 heteroatoms. The predicted octanol–water partition coefficient (Wildman–Crippen LogP) is 3.42. The summed E-state index contributed by atoms with van der Waals surface area (Å²) in [4.78, 5) is 11.3. The van der Waals surface area contributed by atoms with Crippen LogP contribution in [0.4, 0.5) is 5.82 Å². The summed E-state index contributed by atoms with van der Waals surface area (Å²) in [5.74, 6) is 0.237. The van der Waals surface area contributed by atoms with Crippen LogP contribution in [0.15, 0.2) is 66.7 Å². The average Bonchev–Trinajstić information content (AvgIpc) is 2.63. The van der Waals surface area contributed by atoms with E-state index in [0.717, 1.165) is 5.56 Å². The fourth-order valence-electron chi connectivity index (χ4n) is 2.44. The van der Waals surface area contributed by atoms with Gasteiger partial charge in [0.2, 0.25) is 5.91 Å². The first-order valence-electron chi connectivity index (χ1n) is 7.69. The highest BCUT2D eigenvalue weighted by molar-refractivity contribution is 5.93. The molecular weight excluding hydrogens is 300 g/mol. The monoisotopic (exact) mass is 318 g/mol. The van der Waals surface area contributed by atoms with E-state index in [-0.39, 0.29) is 6.04 Å². The third-order valence-electron chi connectivity index (χ3n) is 3.77. The van der Waals surface area contributed by atoms with Gasteiger partial charge in [-0.3, -0.25) is 4.79 Å². The molecule has 0 aliphatic heterocycles. The standard InChI is InChI=1S/C19H18N4O/c1-13(14-6-3-2-4-7-14)21-18-11-10-17(22-23-18)15-8-5-9-16(12-15)19(20)24/h2-13H,1H3,(H2,20,24)(H,21,23). The Morgan fingerprint density at radius 1 is 1.00 bits per heavy atom. The Morgan fingerprint density at radius 3 is 2.46 bits per heavy atom. The lowest BCUT2D eigenvalue weighted by Gasteiger charge is -2.14. The second kappa shape index (κ2) is 6.91. The second-order valence-electron chi connectivity index (χ2n) is 5.53. The molecule has 3 rings (SSSR count). The highest BCUT2D eigenvalue weighted by atomic mass is 16.1. The molecule has 0 spiro atoms. The van der Waals surface area contributed by atoms with E-state index in [1.165, 1.54) is 5.56 Å². The van der Waals surface area contributed by atoms with Gasteiger partial charge in [0.15, 0.2) is 0 Å². The summed E-state index contributed by atoms with van der Waals surface area (Å²) in [6.45, 7) is 2.07. The van der Waals surface area contributed by atoms with E-state index >= 15 is 0 Å². The fourth-order valence-corrected chi connectivity index (χ4v) is 2.44. The van der Waals surface area contributed by atoms with Crippen molar-refractivity contribution in [2.24, 2.45) is 5.73 Å². The summed E-state index contributed by atoms with van der Waals surface area (Å²) < 4.78 is 0. The molecule has 3 N–H and O–H groups in total. The van der Waals surface area contributed by atoms with Crippen molar-refractivity contribution < 1.29 is 4.79 Å². The normalized spacial score (nSPS) is 11.7. The van der Waals surface area contributed by atoms with Gasteiger partial charge in [-0.2, -0.15) is 0 Å². The zero-order valence-corrected chi connectivity index (χ0v) is 13.3. The van der Waals surface area contributed by atoms with Crippen LogP contribution >= 0.6 is 0 Å². The van der Waals surface area contributed by atoms with Crippen LogP contribution in [0.25, 0.3) is 11.3 Å². The molecule has 1 heterocycles. The van der Waals surface area contributed by atoms with Crippen LogP contribution in [-0.4, -0.2) is 16.1 Å². The lowest BCUT2D eigenvalue weighted by molar-refractivity contribution is 0.100. The Hall–Kier alpha value is -3.21. The quantitative estimate of drug-likeness (QED) is 0.755. The van der Waals surface area contributed by atoms with E-state index < -0.39 is 5.91 Å². The average molecular weight is 318 g/mol. The number of nitrogens with one attached hydrogen (secondary N) is 1. The van der Waals surface area contributed by atoms with Crippen LogP contribution in [0.1, 0.15) is 28.9 Å². The van der Waals surface area contributed by atoms with Gasteiger partial charge in [-0.1, -0.05) is 42.5 Å². The molecule has 1 atom stereocenters. The van der Waals surface area contributed by atoms with Gasteiger partial charge < -0.3 is 11.1 Å². The van der Waals surface area contributed by atoms with Crippen LogP contribution in [-0.2, 0) is 0 Å². The molecule has 0 radical (unpaired) electrons. The maximum Gasteiger partial charge on any atom is 0.248 e. The fraction of sp³-hybridized carbons (Fsp3) is 0.105. The molecule has 0 fully saturated rings. The molecule has 120 valence electrons. The summed E-state index contributed by atoms with van der Waals surface area (Å²) in [6.07, 6.45) is 0. The topological polar surface area (TPSA) is 80.9 Å². The van der Waals surface area contributed by atoms with E-state index in [9.17, 15) is 4.79 Å². The predicted molar refractivity (Wildman–Crippen MR) is 94.5 cm³/mol. The summed E-state index contributed by atoms with van der Waals surface area (Å²) in [6, 6.07) is 21.0. The van der Waals surface area contributed by atoms with Crippen LogP contribution in [0.2, 0.25) is 0 Å². The van der Waals surface area contributed by atoms with Gasteiger partial charge in [0, 0.05) is 17.2 Å². The lowest BCUT2D eigenvalue weighted by atomic mass is 10.1. The lowest BCUT2D eigenvalue weighted by Crippen LogP contribution is -2.10. The van der Waals surface area contributed by atoms with Gasteiger partial charge in [0.05, 0.1) is 5.69 Å². The smallest absolute Gasteiger partial charge is 0.248 e. The van der Waals surface area contributed by atoms with E-state index in [4.69, 9.17) is 5.73 Å². The number of rotatable bonds is 5. The number of amides is 1. The van der Waals surface area contributed by atoms with Crippen LogP contribution in [0, 0.1) is 0 Å². The Bertz CT molecular complexity index is 832. The van der Waals surface area contributed by atoms with Crippen molar-refractivity contribution in [3.63, 3.8) is 0 Å². The molecule has 3 aromatic rings. The second-order valence-corrected chi connectivity index (χ2v) is 5.53. The van der Waals surface area contributed by atoms with Crippen molar-refractivity contribution in [2.45, 2.75) is 13.0 Å².